The van der Waals surface area contributed by atoms with E-state index >= 15 is 0 Å². The summed E-state index contributed by atoms with van der Waals surface area (Å²) in [5.74, 6) is 4.09. The van der Waals surface area contributed by atoms with E-state index in [1.807, 2.05) is 13.0 Å². The Morgan fingerprint density at radius 1 is 1.43 bits per heavy atom. The summed E-state index contributed by atoms with van der Waals surface area (Å²) in [5, 5.41) is 4.86. The molecule has 0 radical (unpaired) electrons. The number of aromatic amines is 1. The molecule has 2 aromatic rings. The Morgan fingerprint density at radius 3 is 2.82 bits per heavy atom. The molecule has 1 aromatic carbocycles. The predicted octanol–water partition coefficient (Wildman–Crippen LogP) is 1.20. The van der Waals surface area contributed by atoms with Crippen LogP contribution in [0.2, 0.25) is 0 Å². The van der Waals surface area contributed by atoms with Crippen LogP contribution in [0.5, 0.6) is 5.75 Å². The van der Waals surface area contributed by atoms with E-state index in [2.05, 4.69) is 28.2 Å². The number of imidazole rings is 1. The van der Waals surface area contributed by atoms with Gasteiger partial charge in [0.15, 0.2) is 0 Å². The third-order valence-corrected chi connectivity index (χ3v) is 5.15. The van der Waals surface area contributed by atoms with Crippen molar-refractivity contribution in [3.05, 3.63) is 46.4 Å². The zero-order valence-corrected chi connectivity index (χ0v) is 16.5. The molecular weight excluding hydrogens is 352 g/mol. The molecule has 2 heterocycles. The fourth-order valence-electron chi connectivity index (χ4n) is 3.54. The third kappa shape index (κ3) is 4.26. The van der Waals surface area contributed by atoms with Gasteiger partial charge in [-0.1, -0.05) is 12.0 Å². The van der Waals surface area contributed by atoms with Crippen molar-refractivity contribution in [1.29, 1.82) is 0 Å². The molecule has 6 heteroatoms. The Kier molecular flexibility index (Phi) is 6.17. The van der Waals surface area contributed by atoms with Crippen LogP contribution >= 0.6 is 0 Å². The first-order valence-electron chi connectivity index (χ1n) is 9.39. The first-order valence-corrected chi connectivity index (χ1v) is 9.39. The van der Waals surface area contributed by atoms with Crippen molar-refractivity contribution >= 4 is 18.1 Å². The smallest absolute Gasteiger partial charge is 0.251 e. The highest BCUT2D eigenvalue weighted by Gasteiger charge is 2.30. The van der Waals surface area contributed by atoms with Crippen molar-refractivity contribution < 1.29 is 9.53 Å². The highest BCUT2D eigenvalue weighted by molar-refractivity contribution is 5.94. The summed E-state index contributed by atoms with van der Waals surface area (Å²) in [6, 6.07) is 7.31. The van der Waals surface area contributed by atoms with Gasteiger partial charge in [0.05, 0.1) is 23.8 Å². The molecule has 146 valence electrons. The molecule has 1 fully saturated rings. The minimum Gasteiger partial charge on any atom is -0.497 e. The molecule has 6 nitrogen and oxygen atoms in total. The third-order valence-electron chi connectivity index (χ3n) is 5.15. The van der Waals surface area contributed by atoms with Crippen LogP contribution in [0.3, 0.4) is 0 Å². The Hall–Kier alpha value is -3.04. The van der Waals surface area contributed by atoms with Gasteiger partial charge in [-0.2, -0.15) is 0 Å². The number of rotatable bonds is 4. The SMILES string of the molecule is C#C/C=c1/[nH]c(C2C[C@H](NC(=O)c3ccc(OC)cc3)CCN2C)n/c1=C/C. The molecular formula is C22H26N4O2. The average molecular weight is 378 g/mol. The van der Waals surface area contributed by atoms with Crippen molar-refractivity contribution in [2.75, 3.05) is 20.7 Å². The lowest BCUT2D eigenvalue weighted by atomic mass is 9.96. The number of methoxy groups -OCH3 is 1. The molecule has 0 saturated carbocycles. The van der Waals surface area contributed by atoms with E-state index in [4.69, 9.17) is 16.1 Å². The van der Waals surface area contributed by atoms with E-state index in [-0.39, 0.29) is 18.0 Å². The van der Waals surface area contributed by atoms with Crippen LogP contribution < -0.4 is 20.8 Å². The fourth-order valence-corrected chi connectivity index (χ4v) is 3.54. The number of benzene rings is 1. The van der Waals surface area contributed by atoms with E-state index in [0.29, 0.717) is 5.56 Å². The minimum atomic E-state index is -0.0701. The number of terminal acetylenes is 1. The summed E-state index contributed by atoms with van der Waals surface area (Å²) in [7, 11) is 3.69. The summed E-state index contributed by atoms with van der Waals surface area (Å²) in [6.45, 7) is 2.81. The van der Waals surface area contributed by atoms with Gasteiger partial charge in [-0.05, 0) is 51.1 Å². The molecule has 2 atom stereocenters. The number of aromatic nitrogens is 2. The lowest BCUT2D eigenvalue weighted by molar-refractivity contribution is 0.0884. The summed E-state index contributed by atoms with van der Waals surface area (Å²) < 4.78 is 5.15. The Bertz CT molecular complexity index is 985. The summed E-state index contributed by atoms with van der Waals surface area (Å²) in [4.78, 5) is 22.9. The van der Waals surface area contributed by atoms with Crippen LogP contribution in [0.25, 0.3) is 12.2 Å². The first kappa shape index (κ1) is 19.7. The number of carbonyl (C=O) groups is 1. The Labute approximate surface area is 165 Å². The van der Waals surface area contributed by atoms with Crippen molar-refractivity contribution in [1.82, 2.24) is 20.2 Å². The summed E-state index contributed by atoms with van der Waals surface area (Å²) in [6.07, 6.45) is 10.7. The molecule has 1 aliphatic heterocycles. The van der Waals surface area contributed by atoms with E-state index in [1.54, 1.807) is 37.5 Å². The van der Waals surface area contributed by atoms with Crippen LogP contribution in [0.15, 0.2) is 24.3 Å². The molecule has 0 bridgehead atoms. The van der Waals surface area contributed by atoms with Crippen molar-refractivity contribution in [2.24, 2.45) is 0 Å². The molecule has 1 amide bonds. The van der Waals surface area contributed by atoms with Gasteiger partial charge < -0.3 is 15.0 Å². The summed E-state index contributed by atoms with van der Waals surface area (Å²) in [5.41, 5.74) is 0.628. The first-order chi connectivity index (χ1) is 13.5. The quantitative estimate of drug-likeness (QED) is 0.785. The molecule has 3 rings (SSSR count). The van der Waals surface area contributed by atoms with Crippen LogP contribution in [0.1, 0.15) is 42.0 Å². The highest BCUT2D eigenvalue weighted by atomic mass is 16.5. The van der Waals surface area contributed by atoms with Gasteiger partial charge in [0.2, 0.25) is 0 Å². The van der Waals surface area contributed by atoms with Gasteiger partial charge in [0, 0.05) is 24.2 Å². The summed E-state index contributed by atoms with van der Waals surface area (Å²) >= 11 is 0. The molecule has 1 unspecified atom stereocenters. The van der Waals surface area contributed by atoms with Crippen LogP contribution in [-0.4, -0.2) is 47.5 Å². The lowest BCUT2D eigenvalue weighted by Crippen LogP contribution is -2.45. The van der Waals surface area contributed by atoms with E-state index in [9.17, 15) is 4.79 Å². The predicted molar refractivity (Wildman–Crippen MR) is 110 cm³/mol. The van der Waals surface area contributed by atoms with Gasteiger partial charge >= 0.3 is 0 Å². The van der Waals surface area contributed by atoms with Crippen LogP contribution in [-0.2, 0) is 0 Å². The molecule has 1 aromatic heterocycles. The van der Waals surface area contributed by atoms with Gasteiger partial charge in [-0.25, -0.2) is 4.98 Å². The molecule has 2 N–H and O–H groups in total. The number of hydrogen-bond donors (Lipinski definition) is 2. The molecule has 1 saturated heterocycles. The average Bonchev–Trinajstić information content (AvgIpc) is 3.12. The maximum Gasteiger partial charge on any atom is 0.251 e. The number of nitrogens with zero attached hydrogens (tertiary/aromatic N) is 2. The topological polar surface area (TPSA) is 70.2 Å². The standard InChI is InChI=1S/C22H26N4O2/c1-5-7-19-18(6-2)24-21(25-19)20-14-16(12-13-26(20)3)23-22(27)15-8-10-17(28-4)11-9-15/h1,6-11,16,20H,12-14H2,2-4H3,(H,23,27)(H,24,25)/b18-6+,19-7+/t16-,20?/m1/s1. The Balaban J connectivity index is 1.75. The normalized spacial score (nSPS) is 21.4. The number of hydrogen-bond acceptors (Lipinski definition) is 4. The maximum atomic E-state index is 12.6. The largest absolute Gasteiger partial charge is 0.497 e. The van der Waals surface area contributed by atoms with E-state index in [0.717, 1.165) is 41.7 Å². The number of nitrogens with one attached hydrogen (secondary N) is 2. The van der Waals surface area contributed by atoms with Gasteiger partial charge in [-0.15, -0.1) is 6.42 Å². The van der Waals surface area contributed by atoms with Crippen LogP contribution in [0, 0.1) is 12.3 Å². The molecule has 0 spiro atoms. The molecule has 1 aliphatic rings. The van der Waals surface area contributed by atoms with Gasteiger partial charge in [-0.3, -0.25) is 9.69 Å². The number of amides is 1. The fraction of sp³-hybridized carbons (Fsp3) is 0.364. The zero-order chi connectivity index (χ0) is 20.1. The number of piperidine rings is 1. The second kappa shape index (κ2) is 8.77. The van der Waals surface area contributed by atoms with E-state index < -0.39 is 0 Å². The minimum absolute atomic E-state index is 0.0701. The van der Waals surface area contributed by atoms with Crippen molar-refractivity contribution in [3.63, 3.8) is 0 Å². The Morgan fingerprint density at radius 2 is 2.18 bits per heavy atom. The van der Waals surface area contributed by atoms with E-state index in [1.165, 1.54) is 0 Å². The van der Waals surface area contributed by atoms with Crippen LogP contribution in [0.4, 0.5) is 0 Å². The lowest BCUT2D eigenvalue weighted by Gasteiger charge is -2.36. The molecule has 28 heavy (non-hydrogen) atoms. The number of H-pyrrole nitrogens is 1. The zero-order valence-electron chi connectivity index (χ0n) is 16.5. The second-order valence-electron chi connectivity index (χ2n) is 6.94. The van der Waals surface area contributed by atoms with Gasteiger partial charge in [0.25, 0.3) is 5.91 Å². The van der Waals surface area contributed by atoms with Crippen molar-refractivity contribution in [2.45, 2.75) is 31.8 Å². The second-order valence-corrected chi connectivity index (χ2v) is 6.94. The van der Waals surface area contributed by atoms with Crippen molar-refractivity contribution in [3.8, 4) is 18.1 Å². The monoisotopic (exact) mass is 378 g/mol. The molecule has 0 aliphatic carbocycles. The highest BCUT2D eigenvalue weighted by Crippen LogP contribution is 2.27. The number of likely N-dealkylation sites (tertiary alicyclic amines) is 1. The number of ether oxygens (including phenoxy) is 1. The van der Waals surface area contributed by atoms with Gasteiger partial charge in [0.1, 0.15) is 11.6 Å². The maximum absolute atomic E-state index is 12.6. The number of carbonyl (C=O) groups excluding carboxylic acids is 1.